The Morgan fingerprint density at radius 1 is 1.21 bits per heavy atom. The third-order valence-corrected chi connectivity index (χ3v) is 8.66. The van der Waals surface area contributed by atoms with Gasteiger partial charge in [-0.1, -0.05) is 57.1 Å². The molecule has 8 heteroatoms. The summed E-state index contributed by atoms with van der Waals surface area (Å²) in [6.07, 6.45) is 10.2. The molecule has 1 aliphatic carbocycles. The van der Waals surface area contributed by atoms with E-state index in [4.69, 9.17) is 12.2 Å². The summed E-state index contributed by atoms with van der Waals surface area (Å²) >= 11 is 6.97. The number of thioether (sulfide) groups is 1. The summed E-state index contributed by atoms with van der Waals surface area (Å²) < 4.78 is 2.41. The zero-order chi connectivity index (χ0) is 24.4. The van der Waals surface area contributed by atoms with Crippen LogP contribution in [0.25, 0.3) is 6.08 Å². The summed E-state index contributed by atoms with van der Waals surface area (Å²) in [6, 6.07) is 2.34. The molecule has 3 heterocycles. The van der Waals surface area contributed by atoms with Crippen molar-refractivity contribution >= 4 is 46.1 Å². The van der Waals surface area contributed by atoms with Gasteiger partial charge in [0.1, 0.15) is 21.8 Å². The molecule has 3 aliphatic rings. The van der Waals surface area contributed by atoms with E-state index < -0.39 is 0 Å². The second-order valence-corrected chi connectivity index (χ2v) is 11.5. The fraction of sp³-hybridized carbons (Fsp3) is 0.615. The van der Waals surface area contributed by atoms with Gasteiger partial charge in [0.15, 0.2) is 0 Å². The van der Waals surface area contributed by atoms with Gasteiger partial charge in [0.25, 0.3) is 11.5 Å². The van der Waals surface area contributed by atoms with Gasteiger partial charge >= 0.3 is 0 Å². The third kappa shape index (κ3) is 4.70. The van der Waals surface area contributed by atoms with Crippen molar-refractivity contribution in [3.63, 3.8) is 0 Å². The molecule has 1 aromatic heterocycles. The van der Waals surface area contributed by atoms with Crippen LogP contribution in [0.15, 0.2) is 9.70 Å². The number of hydrogen-bond acceptors (Lipinski definition) is 6. The van der Waals surface area contributed by atoms with Crippen LogP contribution in [-0.2, 0) is 11.3 Å². The van der Waals surface area contributed by atoms with Crippen molar-refractivity contribution < 1.29 is 4.79 Å². The molecule has 182 valence electrons. The minimum Gasteiger partial charge on any atom is -0.357 e. The first-order valence-corrected chi connectivity index (χ1v) is 13.8. The summed E-state index contributed by atoms with van der Waals surface area (Å²) in [4.78, 5) is 31.5. The number of nitrogens with zero attached hydrogens (tertiary/aromatic N) is 4. The van der Waals surface area contributed by atoms with Crippen molar-refractivity contribution in [2.24, 2.45) is 5.92 Å². The van der Waals surface area contributed by atoms with Crippen LogP contribution in [0.3, 0.4) is 0 Å². The predicted octanol–water partition coefficient (Wildman–Crippen LogP) is 5.21. The van der Waals surface area contributed by atoms with Gasteiger partial charge in [0.05, 0.1) is 4.91 Å². The normalized spacial score (nSPS) is 22.8. The van der Waals surface area contributed by atoms with E-state index >= 15 is 0 Å². The second kappa shape index (κ2) is 10.7. The first kappa shape index (κ1) is 25.0. The smallest absolute Gasteiger partial charge is 0.270 e. The van der Waals surface area contributed by atoms with Gasteiger partial charge in [-0.15, -0.1) is 0 Å². The number of hydrogen-bond donors (Lipinski definition) is 0. The lowest BCUT2D eigenvalue weighted by atomic mass is 9.97. The number of nitriles is 1. The molecule has 2 saturated heterocycles. The number of carbonyl (C=O) groups excluding carboxylic acids is 1. The zero-order valence-corrected chi connectivity index (χ0v) is 22.1. The quantitative estimate of drug-likeness (QED) is 0.396. The molecular formula is C26H34N4O2S2. The van der Waals surface area contributed by atoms with Crippen LogP contribution in [-0.4, -0.2) is 38.8 Å². The van der Waals surface area contributed by atoms with Crippen molar-refractivity contribution in [1.82, 2.24) is 9.47 Å². The Morgan fingerprint density at radius 2 is 1.94 bits per heavy atom. The number of aromatic nitrogens is 1. The van der Waals surface area contributed by atoms with Crippen molar-refractivity contribution in [3.05, 3.63) is 31.9 Å². The molecule has 2 aliphatic heterocycles. The van der Waals surface area contributed by atoms with Gasteiger partial charge in [0, 0.05) is 31.2 Å². The van der Waals surface area contributed by atoms with Gasteiger partial charge in [-0.05, 0) is 56.6 Å². The lowest BCUT2D eigenvalue weighted by Gasteiger charge is -2.36. The van der Waals surface area contributed by atoms with Crippen LogP contribution < -0.4 is 10.5 Å². The van der Waals surface area contributed by atoms with Crippen LogP contribution in [0.1, 0.15) is 81.9 Å². The summed E-state index contributed by atoms with van der Waals surface area (Å²) in [6.45, 7) is 8.47. The molecule has 4 rings (SSSR count). The number of carbonyl (C=O) groups is 1. The molecule has 6 nitrogen and oxygen atoms in total. The maximum atomic E-state index is 13.4. The number of pyridine rings is 1. The monoisotopic (exact) mass is 498 g/mol. The highest BCUT2D eigenvalue weighted by atomic mass is 32.2. The average molecular weight is 499 g/mol. The fourth-order valence-electron chi connectivity index (χ4n) is 5.48. The molecule has 0 spiro atoms. The Hall–Kier alpha value is -2.11. The third-order valence-electron chi connectivity index (χ3n) is 7.33. The van der Waals surface area contributed by atoms with Gasteiger partial charge in [-0.2, -0.15) is 5.26 Å². The van der Waals surface area contributed by atoms with Crippen LogP contribution in [0.2, 0.25) is 0 Å². The van der Waals surface area contributed by atoms with E-state index in [2.05, 4.69) is 24.8 Å². The average Bonchev–Trinajstić information content (AvgIpc) is 3.42. The second-order valence-electron chi connectivity index (χ2n) is 9.84. The fourth-order valence-corrected chi connectivity index (χ4v) is 6.86. The Morgan fingerprint density at radius 3 is 2.59 bits per heavy atom. The molecule has 0 aromatic carbocycles. The number of thiocarbonyl (C=S) groups is 1. The van der Waals surface area contributed by atoms with Crippen LogP contribution in [0, 0.1) is 24.2 Å². The summed E-state index contributed by atoms with van der Waals surface area (Å²) in [7, 11) is 0. The molecule has 1 unspecified atom stereocenters. The van der Waals surface area contributed by atoms with Crippen LogP contribution in [0.5, 0.6) is 0 Å². The Balaban J connectivity index is 1.87. The maximum absolute atomic E-state index is 13.4. The van der Waals surface area contributed by atoms with Gasteiger partial charge in [-0.25, -0.2) is 0 Å². The Bertz CT molecular complexity index is 1110. The molecule has 34 heavy (non-hydrogen) atoms. The minimum absolute atomic E-state index is 0.0379. The van der Waals surface area contributed by atoms with E-state index in [0.29, 0.717) is 27.3 Å². The van der Waals surface area contributed by atoms with Crippen molar-refractivity contribution in [2.45, 2.75) is 84.7 Å². The van der Waals surface area contributed by atoms with Crippen molar-refractivity contribution in [1.29, 1.82) is 5.26 Å². The highest BCUT2D eigenvalue weighted by Crippen LogP contribution is 2.40. The molecule has 0 N–H and O–H groups in total. The topological polar surface area (TPSA) is 69.3 Å². The number of rotatable bonds is 6. The van der Waals surface area contributed by atoms with Crippen molar-refractivity contribution in [3.8, 4) is 6.07 Å². The van der Waals surface area contributed by atoms with E-state index in [9.17, 15) is 14.9 Å². The lowest BCUT2D eigenvalue weighted by Crippen LogP contribution is -2.40. The van der Waals surface area contributed by atoms with E-state index in [1.165, 1.54) is 18.2 Å². The number of amides is 1. The van der Waals surface area contributed by atoms with Gasteiger partial charge in [0.2, 0.25) is 0 Å². The van der Waals surface area contributed by atoms with Crippen molar-refractivity contribution in [2.75, 3.05) is 18.0 Å². The van der Waals surface area contributed by atoms with E-state index in [0.717, 1.165) is 69.4 Å². The molecule has 1 atom stereocenters. The van der Waals surface area contributed by atoms with Gasteiger partial charge < -0.3 is 4.90 Å². The molecule has 3 fully saturated rings. The zero-order valence-electron chi connectivity index (χ0n) is 20.4. The highest BCUT2D eigenvalue weighted by molar-refractivity contribution is 8.26. The molecule has 1 amide bonds. The molecule has 1 saturated carbocycles. The predicted molar refractivity (Wildman–Crippen MR) is 143 cm³/mol. The first-order chi connectivity index (χ1) is 16.4. The number of piperidine rings is 1. The summed E-state index contributed by atoms with van der Waals surface area (Å²) in [5.41, 5.74) is 1.41. The number of unbranched alkanes of at least 4 members (excludes halogenated alkanes) is 1. The standard InChI is InChI=1S/C26H34N4O2S2/c1-4-5-13-29-23(28-12-8-9-17(2)16-28)20(18(3)21(15-27)24(29)31)14-22-25(32)30(26(33)34-22)19-10-6-7-11-19/h14,17,19H,4-13,16H2,1-3H3/b22-14-. The number of anilines is 1. The first-order valence-electron chi connectivity index (χ1n) is 12.6. The van der Waals surface area contributed by atoms with Crippen LogP contribution >= 0.6 is 24.0 Å². The van der Waals surface area contributed by atoms with E-state index in [-0.39, 0.29) is 23.1 Å². The Kier molecular flexibility index (Phi) is 7.83. The molecule has 0 bridgehead atoms. The van der Waals surface area contributed by atoms with E-state index in [1.54, 1.807) is 9.47 Å². The summed E-state index contributed by atoms with van der Waals surface area (Å²) in [5, 5.41) is 9.86. The van der Waals surface area contributed by atoms with Crippen LogP contribution in [0.4, 0.5) is 5.82 Å². The molecular weight excluding hydrogens is 464 g/mol. The SMILES string of the molecule is CCCCn1c(N2CCCC(C)C2)c(/C=C2\SC(=S)N(C3CCCC3)C2=O)c(C)c(C#N)c1=O. The maximum Gasteiger partial charge on any atom is 0.270 e. The Labute approximate surface area is 212 Å². The largest absolute Gasteiger partial charge is 0.357 e. The molecule has 1 aromatic rings. The van der Waals surface area contributed by atoms with Gasteiger partial charge in [-0.3, -0.25) is 19.1 Å². The summed E-state index contributed by atoms with van der Waals surface area (Å²) in [5.74, 6) is 1.34. The lowest BCUT2D eigenvalue weighted by molar-refractivity contribution is -0.123. The minimum atomic E-state index is -0.225. The highest BCUT2D eigenvalue weighted by Gasteiger charge is 2.38. The molecule has 0 radical (unpaired) electrons. The van der Waals surface area contributed by atoms with E-state index in [1.807, 2.05) is 13.0 Å².